The van der Waals surface area contributed by atoms with Crippen molar-refractivity contribution in [3.8, 4) is 0 Å². The van der Waals surface area contributed by atoms with Crippen LogP contribution in [0, 0.1) is 5.92 Å². The van der Waals surface area contributed by atoms with Crippen LogP contribution in [0.2, 0.25) is 0 Å². The van der Waals surface area contributed by atoms with E-state index in [0.29, 0.717) is 18.5 Å². The Morgan fingerprint density at radius 1 is 1.46 bits per heavy atom. The second-order valence-electron chi connectivity index (χ2n) is 6.39. The first-order valence-electron chi connectivity index (χ1n) is 8.33. The van der Waals surface area contributed by atoms with Crippen molar-refractivity contribution in [3.63, 3.8) is 0 Å². The molecule has 1 aliphatic rings. The third-order valence-electron chi connectivity index (χ3n) is 4.82. The summed E-state index contributed by atoms with van der Waals surface area (Å²) in [6.45, 7) is 2.46. The molecule has 2 aromatic heterocycles. The van der Waals surface area contributed by atoms with Gasteiger partial charge >= 0.3 is 0 Å². The second-order valence-corrected chi connectivity index (χ2v) is 6.39. The van der Waals surface area contributed by atoms with E-state index in [0.717, 1.165) is 24.2 Å². The maximum absolute atomic E-state index is 12.4. The van der Waals surface area contributed by atoms with E-state index < -0.39 is 6.10 Å². The maximum Gasteiger partial charge on any atom is 0.251 e. The average molecular weight is 329 g/mol. The number of aromatic nitrogens is 4. The summed E-state index contributed by atoms with van der Waals surface area (Å²) in [6.07, 6.45) is 6.80. The first-order chi connectivity index (χ1) is 11.6. The molecular formula is C17H23N5O2. The van der Waals surface area contributed by atoms with Gasteiger partial charge in [-0.2, -0.15) is 0 Å². The van der Waals surface area contributed by atoms with Gasteiger partial charge in [0.2, 0.25) is 0 Å². The van der Waals surface area contributed by atoms with E-state index in [1.807, 2.05) is 18.5 Å². The third kappa shape index (κ3) is 3.31. The van der Waals surface area contributed by atoms with E-state index in [2.05, 4.69) is 20.5 Å². The van der Waals surface area contributed by atoms with Crippen LogP contribution in [-0.2, 0) is 13.5 Å². The Balaban J connectivity index is 1.60. The molecule has 24 heavy (non-hydrogen) atoms. The van der Waals surface area contributed by atoms with Gasteiger partial charge in [0.05, 0.1) is 6.10 Å². The molecule has 0 unspecified atom stereocenters. The number of carbonyl (C=O) groups excluding carboxylic acids is 1. The number of amides is 1. The Bertz CT molecular complexity index is 715. The Morgan fingerprint density at radius 3 is 3.00 bits per heavy atom. The van der Waals surface area contributed by atoms with Gasteiger partial charge in [-0.3, -0.25) is 9.78 Å². The zero-order chi connectivity index (χ0) is 17.1. The number of nitrogens with one attached hydrogen (secondary N) is 1. The summed E-state index contributed by atoms with van der Waals surface area (Å²) in [5.74, 6) is 0.998. The quantitative estimate of drug-likeness (QED) is 0.855. The lowest BCUT2D eigenvalue weighted by molar-refractivity contribution is 0.0915. The zero-order valence-corrected chi connectivity index (χ0v) is 14.0. The van der Waals surface area contributed by atoms with Crippen molar-refractivity contribution < 1.29 is 9.90 Å². The third-order valence-corrected chi connectivity index (χ3v) is 4.82. The Labute approximate surface area is 141 Å². The van der Waals surface area contributed by atoms with Gasteiger partial charge in [-0.25, -0.2) is 0 Å². The Kier molecular flexibility index (Phi) is 4.89. The summed E-state index contributed by atoms with van der Waals surface area (Å²) >= 11 is 0. The summed E-state index contributed by atoms with van der Waals surface area (Å²) in [4.78, 5) is 16.5. The summed E-state index contributed by atoms with van der Waals surface area (Å²) < 4.78 is 1.89. The molecule has 3 atom stereocenters. The maximum atomic E-state index is 12.4. The van der Waals surface area contributed by atoms with Crippen LogP contribution in [0.4, 0.5) is 0 Å². The molecule has 0 bridgehead atoms. The van der Waals surface area contributed by atoms with Crippen molar-refractivity contribution in [2.45, 2.75) is 38.2 Å². The number of aryl methyl sites for hydroxylation is 2. The number of nitrogens with zero attached hydrogens (tertiary/aromatic N) is 4. The van der Waals surface area contributed by atoms with Crippen molar-refractivity contribution in [2.75, 3.05) is 6.54 Å². The van der Waals surface area contributed by atoms with Gasteiger partial charge in [0.1, 0.15) is 12.2 Å². The highest BCUT2D eigenvalue weighted by Gasteiger charge is 2.36. The van der Waals surface area contributed by atoms with Gasteiger partial charge in [-0.05, 0) is 30.9 Å². The number of hydrogen-bond acceptors (Lipinski definition) is 5. The Hall–Kier alpha value is -2.28. The van der Waals surface area contributed by atoms with E-state index >= 15 is 0 Å². The van der Waals surface area contributed by atoms with Crippen molar-refractivity contribution in [1.29, 1.82) is 0 Å². The minimum Gasteiger partial charge on any atom is -0.393 e. The monoisotopic (exact) mass is 329 g/mol. The van der Waals surface area contributed by atoms with Gasteiger partial charge in [-0.15, -0.1) is 10.2 Å². The topological polar surface area (TPSA) is 92.9 Å². The van der Waals surface area contributed by atoms with E-state index in [1.165, 1.54) is 0 Å². The molecule has 1 amide bonds. The van der Waals surface area contributed by atoms with Crippen LogP contribution in [0.25, 0.3) is 0 Å². The smallest absolute Gasteiger partial charge is 0.251 e. The minimum atomic E-state index is -0.435. The number of hydrogen-bond donors (Lipinski definition) is 2. The largest absolute Gasteiger partial charge is 0.393 e. The molecule has 7 nitrogen and oxygen atoms in total. The molecule has 0 aliphatic heterocycles. The first kappa shape index (κ1) is 16.6. The number of carbonyl (C=O) groups is 1. The van der Waals surface area contributed by atoms with E-state index in [9.17, 15) is 9.90 Å². The molecule has 0 spiro atoms. The standard InChI is InChI=1S/C17H23N5O2/c1-3-11-8-18-5-4-14(11)17(24)19-9-13-6-12(7-15(13)23)16-21-20-10-22(16)2/h4-5,8,10,12-13,15,23H,3,6-7,9H2,1-2H3,(H,19,24)/t12-,13+,15+/m0/s1. The van der Waals surface area contributed by atoms with Crippen LogP contribution >= 0.6 is 0 Å². The fraction of sp³-hybridized carbons (Fsp3) is 0.529. The van der Waals surface area contributed by atoms with Crippen LogP contribution < -0.4 is 5.32 Å². The summed E-state index contributed by atoms with van der Waals surface area (Å²) in [5.41, 5.74) is 1.59. The van der Waals surface area contributed by atoms with Crippen LogP contribution in [0.5, 0.6) is 0 Å². The molecule has 2 aromatic rings. The molecule has 3 rings (SSSR count). The molecule has 0 aromatic carbocycles. The van der Waals surface area contributed by atoms with Crippen molar-refractivity contribution in [2.24, 2.45) is 13.0 Å². The Morgan fingerprint density at radius 2 is 2.29 bits per heavy atom. The van der Waals surface area contributed by atoms with Gasteiger partial charge in [0, 0.05) is 43.4 Å². The van der Waals surface area contributed by atoms with Crippen LogP contribution in [-0.4, -0.2) is 43.4 Å². The predicted octanol–water partition coefficient (Wildman–Crippen LogP) is 1.06. The van der Waals surface area contributed by atoms with Crippen molar-refractivity contribution >= 4 is 5.91 Å². The van der Waals surface area contributed by atoms with Crippen molar-refractivity contribution in [1.82, 2.24) is 25.1 Å². The molecule has 1 aliphatic carbocycles. The number of aliphatic hydroxyl groups is 1. The molecule has 7 heteroatoms. The molecule has 2 heterocycles. The normalized spacial score (nSPS) is 23.4. The van der Waals surface area contributed by atoms with Gasteiger partial charge in [0.25, 0.3) is 5.91 Å². The zero-order valence-electron chi connectivity index (χ0n) is 14.0. The van der Waals surface area contributed by atoms with Crippen LogP contribution in [0.3, 0.4) is 0 Å². The molecule has 2 N–H and O–H groups in total. The number of rotatable bonds is 5. The SMILES string of the molecule is CCc1cnccc1C(=O)NC[C@H]1C[C@H](c2nncn2C)C[C@H]1O. The van der Waals surface area contributed by atoms with Crippen LogP contribution in [0.1, 0.15) is 47.4 Å². The lowest BCUT2D eigenvalue weighted by atomic mass is 10.0. The highest BCUT2D eigenvalue weighted by atomic mass is 16.3. The summed E-state index contributed by atoms with van der Waals surface area (Å²) in [5, 5.41) is 21.3. The molecular weight excluding hydrogens is 306 g/mol. The highest BCUT2D eigenvalue weighted by Crippen LogP contribution is 2.37. The number of pyridine rings is 1. The first-order valence-corrected chi connectivity index (χ1v) is 8.33. The molecule has 0 radical (unpaired) electrons. The molecule has 1 saturated carbocycles. The number of aliphatic hydroxyl groups excluding tert-OH is 1. The highest BCUT2D eigenvalue weighted by molar-refractivity contribution is 5.95. The molecule has 1 fully saturated rings. The predicted molar refractivity (Wildman–Crippen MR) is 88.4 cm³/mol. The van der Waals surface area contributed by atoms with E-state index in [4.69, 9.17) is 0 Å². The lowest BCUT2D eigenvalue weighted by Gasteiger charge is -2.16. The van der Waals surface area contributed by atoms with Gasteiger partial charge in [-0.1, -0.05) is 6.92 Å². The summed E-state index contributed by atoms with van der Waals surface area (Å²) in [6, 6.07) is 1.74. The fourth-order valence-corrected chi connectivity index (χ4v) is 3.44. The van der Waals surface area contributed by atoms with Gasteiger partial charge in [0.15, 0.2) is 0 Å². The minimum absolute atomic E-state index is 0.0302. The lowest BCUT2D eigenvalue weighted by Crippen LogP contribution is -2.33. The average Bonchev–Trinajstić information content (AvgIpc) is 3.18. The van der Waals surface area contributed by atoms with E-state index in [-0.39, 0.29) is 17.7 Å². The fourth-order valence-electron chi connectivity index (χ4n) is 3.44. The second kappa shape index (κ2) is 7.09. The molecule has 0 saturated heterocycles. The van der Waals surface area contributed by atoms with Crippen molar-refractivity contribution in [3.05, 3.63) is 41.7 Å². The molecule has 128 valence electrons. The van der Waals surface area contributed by atoms with Gasteiger partial charge < -0.3 is 15.0 Å². The summed E-state index contributed by atoms with van der Waals surface area (Å²) in [7, 11) is 1.91. The van der Waals surface area contributed by atoms with E-state index in [1.54, 1.807) is 24.8 Å². The van der Waals surface area contributed by atoms with Crippen LogP contribution in [0.15, 0.2) is 24.8 Å².